The number of benzene rings is 1. The number of thioether (sulfide) groups is 1. The Morgan fingerprint density at radius 1 is 1.30 bits per heavy atom. The van der Waals surface area contributed by atoms with Gasteiger partial charge in [-0.1, -0.05) is 12.1 Å². The van der Waals surface area contributed by atoms with Gasteiger partial charge in [-0.3, -0.25) is 4.57 Å². The third-order valence-electron chi connectivity index (χ3n) is 5.30. The summed E-state index contributed by atoms with van der Waals surface area (Å²) in [6, 6.07) is 5.84. The Balaban J connectivity index is 2.03. The van der Waals surface area contributed by atoms with Crippen LogP contribution >= 0.6 is 11.8 Å². The normalized spacial score (nSPS) is 20.5. The summed E-state index contributed by atoms with van der Waals surface area (Å²) in [4.78, 5) is 17.1. The molecule has 0 bridgehead atoms. The van der Waals surface area contributed by atoms with Gasteiger partial charge in [-0.05, 0) is 71.5 Å². The number of aliphatic hydroxyl groups is 1. The average Bonchev–Trinajstić information content (AvgIpc) is 2.65. The molecule has 2 atom stereocenters. The Morgan fingerprint density at radius 3 is 2.50 bits per heavy atom. The van der Waals surface area contributed by atoms with Crippen LogP contribution in [0.4, 0.5) is 4.39 Å². The van der Waals surface area contributed by atoms with Gasteiger partial charge in [0, 0.05) is 5.54 Å². The minimum Gasteiger partial charge on any atom is -0.480 e. The van der Waals surface area contributed by atoms with Crippen LogP contribution in [0.1, 0.15) is 51.9 Å². The number of nitrogens with one attached hydrogen (secondary N) is 1. The summed E-state index contributed by atoms with van der Waals surface area (Å²) in [5.74, 6) is 0.264. The molecule has 1 aliphatic rings. The first kappa shape index (κ1) is 22.8. The number of hydrogen-bond acceptors (Lipinski definition) is 6. The summed E-state index contributed by atoms with van der Waals surface area (Å²) in [5, 5.41) is 15.1. The van der Waals surface area contributed by atoms with Gasteiger partial charge in [-0.25, -0.2) is 9.18 Å². The Hall–Kier alpha value is -1.90. The molecule has 2 N–H and O–H groups in total. The molecule has 164 valence electrons. The lowest BCUT2D eigenvalue weighted by molar-refractivity contribution is -0.0711. The van der Waals surface area contributed by atoms with Gasteiger partial charge in [0.15, 0.2) is 5.75 Å². The van der Waals surface area contributed by atoms with Gasteiger partial charge in [-0.2, -0.15) is 4.98 Å². The lowest BCUT2D eigenvalue weighted by Gasteiger charge is -2.44. The van der Waals surface area contributed by atoms with Crippen molar-refractivity contribution in [1.29, 1.82) is 0 Å². The molecule has 0 saturated heterocycles. The van der Waals surface area contributed by atoms with Gasteiger partial charge < -0.3 is 15.2 Å². The van der Waals surface area contributed by atoms with Crippen molar-refractivity contribution in [3.8, 4) is 5.75 Å². The number of aromatic nitrogens is 2. The quantitative estimate of drug-likeness (QED) is 0.555. The highest BCUT2D eigenvalue weighted by Gasteiger charge is 2.46. The van der Waals surface area contributed by atoms with Gasteiger partial charge in [0.2, 0.25) is 0 Å². The van der Waals surface area contributed by atoms with Gasteiger partial charge in [0.05, 0.1) is 11.7 Å². The topological polar surface area (TPSA) is 76.4 Å². The first-order valence-corrected chi connectivity index (χ1v) is 11.2. The van der Waals surface area contributed by atoms with E-state index in [1.54, 1.807) is 16.7 Å². The van der Waals surface area contributed by atoms with Gasteiger partial charge in [0.25, 0.3) is 0 Å². The molecular formula is C22H30FN3O3S. The second-order valence-corrected chi connectivity index (χ2v) is 9.88. The lowest BCUT2D eigenvalue weighted by atomic mass is 9.88. The molecule has 2 aromatic rings. The van der Waals surface area contributed by atoms with Crippen molar-refractivity contribution in [3.05, 3.63) is 51.8 Å². The summed E-state index contributed by atoms with van der Waals surface area (Å²) in [5.41, 5.74) is -0.193. The molecule has 0 amide bonds. The molecule has 1 aliphatic heterocycles. The largest absolute Gasteiger partial charge is 0.480 e. The van der Waals surface area contributed by atoms with E-state index in [1.807, 2.05) is 40.9 Å². The molecule has 30 heavy (non-hydrogen) atoms. The van der Waals surface area contributed by atoms with E-state index in [2.05, 4.69) is 10.3 Å². The van der Waals surface area contributed by atoms with Crippen LogP contribution < -0.4 is 15.7 Å². The molecular weight excluding hydrogens is 405 g/mol. The van der Waals surface area contributed by atoms with Crippen LogP contribution in [-0.2, 0) is 12.0 Å². The zero-order chi connectivity index (χ0) is 22.3. The number of ether oxygens (including phenoxy) is 1. The third kappa shape index (κ3) is 4.40. The highest BCUT2D eigenvalue weighted by molar-refractivity contribution is 7.98. The molecule has 0 spiro atoms. The number of nitrogens with zero attached hydrogens (tertiary/aromatic N) is 2. The van der Waals surface area contributed by atoms with Crippen LogP contribution in [0.25, 0.3) is 0 Å². The maximum atomic E-state index is 13.2. The van der Waals surface area contributed by atoms with Crippen LogP contribution in [0.15, 0.2) is 34.1 Å². The Bertz CT molecular complexity index is 967. The SMILES string of the molecule is CSc1nc(=O)n(C(C)(C)C)c2c1OC(C)(C)C(O)C2NCCc1ccc(F)cc1. The standard InChI is InChI=1S/C22H30FN3O3S/c1-21(2,3)26-16-15(24-12-11-13-7-9-14(23)10-8-13)18(27)22(4,5)29-17(16)19(30-6)25-20(26)28/h7-10,15,18,24,27H,11-12H2,1-6H3. The van der Waals surface area contributed by atoms with Crippen molar-refractivity contribution in [3.63, 3.8) is 0 Å². The first-order valence-electron chi connectivity index (χ1n) is 10.0. The molecule has 0 radical (unpaired) electrons. The van der Waals surface area contributed by atoms with Crippen LogP contribution in [0, 0.1) is 5.82 Å². The maximum absolute atomic E-state index is 13.2. The number of halogens is 1. The first-order chi connectivity index (χ1) is 14.0. The van der Waals surface area contributed by atoms with E-state index in [0.29, 0.717) is 29.4 Å². The predicted molar refractivity (Wildman–Crippen MR) is 117 cm³/mol. The molecule has 3 rings (SSSR count). The molecule has 6 nitrogen and oxygen atoms in total. The smallest absolute Gasteiger partial charge is 0.349 e. The molecule has 1 aromatic heterocycles. The number of rotatable bonds is 5. The summed E-state index contributed by atoms with van der Waals surface area (Å²) in [7, 11) is 0. The summed E-state index contributed by atoms with van der Waals surface area (Å²) in [6.07, 6.45) is 1.62. The molecule has 2 heterocycles. The van der Waals surface area contributed by atoms with Crippen molar-refractivity contribution in [2.24, 2.45) is 0 Å². The van der Waals surface area contributed by atoms with E-state index < -0.39 is 23.3 Å². The lowest BCUT2D eigenvalue weighted by Crippen LogP contribution is -2.56. The summed E-state index contributed by atoms with van der Waals surface area (Å²) < 4.78 is 20.9. The Morgan fingerprint density at radius 2 is 1.93 bits per heavy atom. The fourth-order valence-electron chi connectivity index (χ4n) is 3.77. The van der Waals surface area contributed by atoms with E-state index in [9.17, 15) is 14.3 Å². The van der Waals surface area contributed by atoms with Gasteiger partial charge >= 0.3 is 5.69 Å². The highest BCUT2D eigenvalue weighted by atomic mass is 32.2. The number of fused-ring (bicyclic) bond motifs is 1. The van der Waals surface area contributed by atoms with Gasteiger partial charge in [-0.15, -0.1) is 11.8 Å². The van der Waals surface area contributed by atoms with Crippen molar-refractivity contribution < 1.29 is 14.2 Å². The van der Waals surface area contributed by atoms with Crippen LogP contribution in [-0.4, -0.2) is 39.2 Å². The predicted octanol–water partition coefficient (Wildman–Crippen LogP) is 3.26. The number of hydrogen-bond donors (Lipinski definition) is 2. The zero-order valence-electron chi connectivity index (χ0n) is 18.3. The van der Waals surface area contributed by atoms with E-state index in [0.717, 1.165) is 5.56 Å². The second kappa shape index (κ2) is 8.32. The monoisotopic (exact) mass is 435 g/mol. The maximum Gasteiger partial charge on any atom is 0.349 e. The summed E-state index contributed by atoms with van der Waals surface area (Å²) >= 11 is 1.35. The fraction of sp³-hybridized carbons (Fsp3) is 0.545. The molecule has 0 aliphatic carbocycles. The third-order valence-corrected chi connectivity index (χ3v) is 5.96. The van der Waals surface area contributed by atoms with Crippen molar-refractivity contribution in [1.82, 2.24) is 14.9 Å². The van der Waals surface area contributed by atoms with Crippen LogP contribution in [0.2, 0.25) is 0 Å². The second-order valence-electron chi connectivity index (χ2n) is 9.08. The van der Waals surface area contributed by atoms with E-state index in [-0.39, 0.29) is 11.5 Å². The molecule has 2 unspecified atom stereocenters. The zero-order valence-corrected chi connectivity index (χ0v) is 19.1. The van der Waals surface area contributed by atoms with Crippen molar-refractivity contribution >= 4 is 11.8 Å². The molecule has 0 fully saturated rings. The number of aliphatic hydroxyl groups excluding tert-OH is 1. The molecule has 8 heteroatoms. The van der Waals surface area contributed by atoms with E-state index >= 15 is 0 Å². The molecule has 1 aromatic carbocycles. The average molecular weight is 436 g/mol. The van der Waals surface area contributed by atoms with Crippen LogP contribution in [0.5, 0.6) is 5.75 Å². The molecule has 0 saturated carbocycles. The van der Waals surface area contributed by atoms with E-state index in [4.69, 9.17) is 4.74 Å². The van der Waals surface area contributed by atoms with Crippen LogP contribution in [0.3, 0.4) is 0 Å². The minimum absolute atomic E-state index is 0.270. The van der Waals surface area contributed by atoms with Crippen molar-refractivity contribution in [2.45, 2.75) is 69.4 Å². The Labute approximate surface area is 180 Å². The van der Waals surface area contributed by atoms with Crippen molar-refractivity contribution in [2.75, 3.05) is 12.8 Å². The van der Waals surface area contributed by atoms with E-state index in [1.165, 1.54) is 23.9 Å². The van der Waals surface area contributed by atoms with Gasteiger partial charge in [0.1, 0.15) is 22.5 Å². The Kier molecular flexibility index (Phi) is 6.32. The fourth-order valence-corrected chi connectivity index (χ4v) is 4.27. The summed E-state index contributed by atoms with van der Waals surface area (Å²) in [6.45, 7) is 9.97. The minimum atomic E-state index is -0.886. The highest BCUT2D eigenvalue weighted by Crippen LogP contribution is 2.44.